The summed E-state index contributed by atoms with van der Waals surface area (Å²) in [5.74, 6) is -0.193. The van der Waals surface area contributed by atoms with Crippen LogP contribution in [0.5, 0.6) is 5.75 Å². The number of esters is 1. The molecule has 0 aliphatic carbocycles. The number of alkyl carbamates (subject to hydrolysis) is 1. The first kappa shape index (κ1) is 27.7. The van der Waals surface area contributed by atoms with Gasteiger partial charge in [0, 0.05) is 6.20 Å². The second kappa shape index (κ2) is 12.3. The first-order valence-corrected chi connectivity index (χ1v) is 11.9. The number of ether oxygens (including phenoxy) is 3. The molecule has 0 saturated carbocycles. The third kappa shape index (κ3) is 8.04. The number of aliphatic hydroxyl groups excluding tert-OH is 1. The van der Waals surface area contributed by atoms with Crippen LogP contribution in [0.1, 0.15) is 43.6 Å². The predicted molar refractivity (Wildman–Crippen MR) is 133 cm³/mol. The van der Waals surface area contributed by atoms with Crippen molar-refractivity contribution < 1.29 is 33.3 Å². The van der Waals surface area contributed by atoms with Crippen LogP contribution in [-0.2, 0) is 15.9 Å². The fraction of sp³-hybridized carbons (Fsp3) is 0.440. The Hall–Kier alpha value is -3.93. The van der Waals surface area contributed by atoms with E-state index >= 15 is 0 Å². The van der Waals surface area contributed by atoms with Gasteiger partial charge in [0.2, 0.25) is 0 Å². The lowest BCUT2D eigenvalue weighted by molar-refractivity contribution is 0.0513. The molecule has 2 aromatic heterocycles. The number of anilines is 1. The van der Waals surface area contributed by atoms with Gasteiger partial charge in [0.15, 0.2) is 5.65 Å². The molecule has 3 rings (SSSR count). The summed E-state index contributed by atoms with van der Waals surface area (Å²) in [5.41, 5.74) is 0.417. The van der Waals surface area contributed by atoms with Gasteiger partial charge in [-0.15, -0.1) is 0 Å². The lowest BCUT2D eigenvalue weighted by Crippen LogP contribution is -2.34. The molecule has 1 aromatic carbocycles. The molecule has 200 valence electrons. The number of carbonyl (C=O) groups excluding carboxylic acids is 2. The third-order valence-electron chi connectivity index (χ3n) is 4.95. The minimum Gasteiger partial charge on any atom is -0.491 e. The van der Waals surface area contributed by atoms with Crippen molar-refractivity contribution in [3.63, 3.8) is 0 Å². The van der Waals surface area contributed by atoms with E-state index in [0.29, 0.717) is 22.8 Å². The number of rotatable bonds is 11. The van der Waals surface area contributed by atoms with Crippen molar-refractivity contribution in [1.82, 2.24) is 19.9 Å². The summed E-state index contributed by atoms with van der Waals surface area (Å²) in [7, 11) is 0. The van der Waals surface area contributed by atoms with E-state index in [0.717, 1.165) is 0 Å². The normalized spacial score (nSPS) is 12.2. The number of hydrogen-bond donors (Lipinski definition) is 3. The Morgan fingerprint density at radius 3 is 2.73 bits per heavy atom. The molecule has 0 spiro atoms. The molecule has 3 N–H and O–H groups in total. The number of nitrogens with one attached hydrogen (secondary N) is 2. The average molecular weight is 518 g/mol. The Kier molecular flexibility index (Phi) is 9.23. The summed E-state index contributed by atoms with van der Waals surface area (Å²) in [6.07, 6.45) is 2.64. The second-order valence-corrected chi connectivity index (χ2v) is 9.12. The first-order valence-electron chi connectivity index (χ1n) is 11.9. The smallest absolute Gasteiger partial charge is 0.407 e. The summed E-state index contributed by atoms with van der Waals surface area (Å²) in [6.45, 7) is 7.25. The molecule has 0 fully saturated rings. The summed E-state index contributed by atoms with van der Waals surface area (Å²) in [6, 6.07) is 5.19. The quantitative estimate of drug-likeness (QED) is 0.259. The van der Waals surface area contributed by atoms with Gasteiger partial charge in [-0.1, -0.05) is 0 Å². The zero-order valence-electron chi connectivity index (χ0n) is 21.3. The van der Waals surface area contributed by atoms with Crippen LogP contribution in [0.2, 0.25) is 0 Å². The van der Waals surface area contributed by atoms with Crippen LogP contribution < -0.4 is 15.4 Å². The lowest BCUT2D eigenvalue weighted by atomic mass is 10.0. The molecule has 1 amide bonds. The van der Waals surface area contributed by atoms with Crippen molar-refractivity contribution in [3.8, 4) is 5.75 Å². The predicted octanol–water partition coefficient (Wildman–Crippen LogP) is 2.96. The zero-order valence-corrected chi connectivity index (χ0v) is 21.3. The van der Waals surface area contributed by atoms with Crippen LogP contribution in [0.15, 0.2) is 36.7 Å². The maximum Gasteiger partial charge on any atom is 0.407 e. The van der Waals surface area contributed by atoms with E-state index in [-0.39, 0.29) is 38.3 Å². The fourth-order valence-electron chi connectivity index (χ4n) is 3.41. The van der Waals surface area contributed by atoms with Crippen molar-refractivity contribution in [2.75, 3.05) is 31.7 Å². The van der Waals surface area contributed by atoms with Crippen molar-refractivity contribution in [2.24, 2.45) is 0 Å². The van der Waals surface area contributed by atoms with Gasteiger partial charge >= 0.3 is 12.1 Å². The Labute approximate surface area is 213 Å². The number of halogens is 1. The van der Waals surface area contributed by atoms with E-state index in [1.165, 1.54) is 28.9 Å². The highest BCUT2D eigenvalue weighted by Gasteiger charge is 2.19. The molecule has 37 heavy (non-hydrogen) atoms. The standard InChI is InChI=1S/C25H32FN5O6/c1-5-35-23(33)19-14-28-31-10-8-21(30-22(19)31)29-18(15-32)13-16-12-17(26)6-7-20(16)36-11-9-27-24(34)37-25(2,3)4/h6-8,10,12,14,18,32H,5,9,11,13,15H2,1-4H3,(H,27,34)(H,29,30). The minimum absolute atomic E-state index is 0.130. The molecule has 3 aromatic rings. The van der Waals surface area contributed by atoms with Crippen LogP contribution in [0, 0.1) is 5.82 Å². The highest BCUT2D eigenvalue weighted by Crippen LogP contribution is 2.23. The number of hydrogen-bond acceptors (Lipinski definition) is 9. The van der Waals surface area contributed by atoms with Crippen molar-refractivity contribution in [3.05, 3.63) is 53.6 Å². The van der Waals surface area contributed by atoms with Crippen molar-refractivity contribution in [1.29, 1.82) is 0 Å². The largest absolute Gasteiger partial charge is 0.491 e. The van der Waals surface area contributed by atoms with Crippen LogP contribution in [-0.4, -0.2) is 69.8 Å². The SMILES string of the molecule is CCOC(=O)c1cnn2ccc(NC(CO)Cc3cc(F)ccc3OCCNC(=O)OC(C)(C)C)nc12. The van der Waals surface area contributed by atoms with Crippen LogP contribution >= 0.6 is 0 Å². The molecule has 0 aliphatic rings. The Bertz CT molecular complexity index is 1230. The first-order chi connectivity index (χ1) is 17.6. The maximum atomic E-state index is 14.0. The second-order valence-electron chi connectivity index (χ2n) is 9.12. The minimum atomic E-state index is -0.612. The third-order valence-corrected chi connectivity index (χ3v) is 4.95. The molecule has 2 heterocycles. The number of aliphatic hydroxyl groups is 1. The molecule has 1 atom stereocenters. The number of amides is 1. The van der Waals surface area contributed by atoms with Gasteiger partial charge in [0.05, 0.1) is 32.0 Å². The monoisotopic (exact) mass is 517 g/mol. The van der Waals surface area contributed by atoms with Gasteiger partial charge in [-0.3, -0.25) is 0 Å². The van der Waals surface area contributed by atoms with E-state index < -0.39 is 29.5 Å². The number of carbonyl (C=O) groups is 2. The maximum absolute atomic E-state index is 14.0. The number of benzene rings is 1. The number of fused-ring (bicyclic) bond motifs is 1. The molecule has 0 aliphatic heterocycles. The fourth-order valence-corrected chi connectivity index (χ4v) is 3.41. The van der Waals surface area contributed by atoms with E-state index in [1.807, 2.05) is 0 Å². The lowest BCUT2D eigenvalue weighted by Gasteiger charge is -2.20. The summed E-state index contributed by atoms with van der Waals surface area (Å²) in [4.78, 5) is 28.4. The Morgan fingerprint density at radius 1 is 1.24 bits per heavy atom. The van der Waals surface area contributed by atoms with Crippen LogP contribution in [0.4, 0.5) is 15.0 Å². The molecule has 11 nitrogen and oxygen atoms in total. The van der Waals surface area contributed by atoms with Gasteiger partial charge in [-0.25, -0.2) is 23.5 Å². The van der Waals surface area contributed by atoms with E-state index in [4.69, 9.17) is 14.2 Å². The molecule has 0 saturated heterocycles. The summed E-state index contributed by atoms with van der Waals surface area (Å²) >= 11 is 0. The molecule has 12 heteroatoms. The van der Waals surface area contributed by atoms with Gasteiger partial charge in [0.25, 0.3) is 0 Å². The topological polar surface area (TPSA) is 136 Å². The zero-order chi connectivity index (χ0) is 27.0. The van der Waals surface area contributed by atoms with Gasteiger partial charge in [0.1, 0.15) is 35.2 Å². The van der Waals surface area contributed by atoms with E-state index in [2.05, 4.69) is 20.7 Å². The van der Waals surface area contributed by atoms with Gasteiger partial charge < -0.3 is 30.0 Å². The van der Waals surface area contributed by atoms with Crippen molar-refractivity contribution >= 4 is 23.5 Å². The molecule has 0 bridgehead atoms. The highest BCUT2D eigenvalue weighted by molar-refractivity contribution is 5.95. The Balaban J connectivity index is 1.66. The van der Waals surface area contributed by atoms with Gasteiger partial charge in [-0.2, -0.15) is 5.10 Å². The van der Waals surface area contributed by atoms with Crippen LogP contribution in [0.25, 0.3) is 5.65 Å². The van der Waals surface area contributed by atoms with E-state index in [9.17, 15) is 19.1 Å². The molecular weight excluding hydrogens is 485 g/mol. The Morgan fingerprint density at radius 2 is 2.03 bits per heavy atom. The van der Waals surface area contributed by atoms with Gasteiger partial charge in [-0.05, 0) is 63.9 Å². The molecule has 0 radical (unpaired) electrons. The molecular formula is C25H32FN5O6. The highest BCUT2D eigenvalue weighted by atomic mass is 19.1. The number of nitrogens with zero attached hydrogens (tertiary/aromatic N) is 3. The summed E-state index contributed by atoms with van der Waals surface area (Å²) in [5, 5.41) is 19.8. The van der Waals surface area contributed by atoms with Crippen molar-refractivity contribution in [2.45, 2.75) is 45.8 Å². The molecule has 1 unspecified atom stereocenters. The van der Waals surface area contributed by atoms with E-state index in [1.54, 1.807) is 40.0 Å². The average Bonchev–Trinajstić information content (AvgIpc) is 3.25. The summed E-state index contributed by atoms with van der Waals surface area (Å²) < 4.78 is 31.4. The number of aromatic nitrogens is 3. The van der Waals surface area contributed by atoms with Crippen LogP contribution in [0.3, 0.4) is 0 Å².